The summed E-state index contributed by atoms with van der Waals surface area (Å²) >= 11 is 0. The Morgan fingerprint density at radius 1 is 1.00 bits per heavy atom. The Balaban J connectivity index is 1.81. The number of carbonyl (C=O) groups excluding carboxylic acids is 1. The van der Waals surface area contributed by atoms with Crippen LogP contribution >= 0.6 is 0 Å². The van der Waals surface area contributed by atoms with Gasteiger partial charge in [-0.05, 0) is 55.3 Å². The number of furan rings is 1. The van der Waals surface area contributed by atoms with Crippen molar-refractivity contribution in [3.63, 3.8) is 0 Å². The third kappa shape index (κ3) is 3.44. The Morgan fingerprint density at radius 2 is 1.74 bits per heavy atom. The van der Waals surface area contributed by atoms with Crippen LogP contribution in [0.4, 0.5) is 11.6 Å². The van der Waals surface area contributed by atoms with Crippen molar-refractivity contribution >= 4 is 39.4 Å². The number of hydrogen-bond donors (Lipinski definition) is 1. The molecule has 2 heterocycles. The first-order valence-electron chi connectivity index (χ1n) is 11.0. The van der Waals surface area contributed by atoms with Crippen LogP contribution in [-0.2, 0) is 11.8 Å². The van der Waals surface area contributed by atoms with Crippen LogP contribution in [0.1, 0.15) is 21.5 Å². The van der Waals surface area contributed by atoms with Crippen LogP contribution in [-0.4, -0.2) is 17.6 Å². The number of pyridine rings is 1. The van der Waals surface area contributed by atoms with E-state index >= 15 is 0 Å². The molecule has 0 aliphatic carbocycles. The molecule has 1 N–H and O–H groups in total. The summed E-state index contributed by atoms with van der Waals surface area (Å²) in [5.74, 6) is 0.0559. The normalized spacial score (nSPS) is 11.2. The zero-order chi connectivity index (χ0) is 24.0. The Hall–Kier alpha value is -4.32. The van der Waals surface area contributed by atoms with Gasteiger partial charge in [0, 0.05) is 18.1 Å². The highest BCUT2D eigenvalue weighted by molar-refractivity contribution is 6.11. The van der Waals surface area contributed by atoms with Gasteiger partial charge in [-0.2, -0.15) is 0 Å². The highest BCUT2D eigenvalue weighted by Crippen LogP contribution is 2.41. The quantitative estimate of drug-likeness (QED) is 0.334. The van der Waals surface area contributed by atoms with E-state index in [-0.39, 0.29) is 5.56 Å². The lowest BCUT2D eigenvalue weighted by atomic mass is 10.0. The molecule has 3 aromatic carbocycles. The number of rotatable bonds is 4. The van der Waals surface area contributed by atoms with Crippen molar-refractivity contribution in [1.29, 1.82) is 0 Å². The van der Waals surface area contributed by atoms with Gasteiger partial charge in [-0.1, -0.05) is 42.0 Å². The van der Waals surface area contributed by atoms with E-state index in [1.807, 2.05) is 50.2 Å². The second-order valence-electron chi connectivity index (χ2n) is 8.40. The number of esters is 1. The zero-order valence-electron chi connectivity index (χ0n) is 19.4. The average molecular weight is 453 g/mol. The van der Waals surface area contributed by atoms with Crippen LogP contribution in [0.2, 0.25) is 0 Å². The van der Waals surface area contributed by atoms with Gasteiger partial charge in [-0.15, -0.1) is 0 Å². The molecule has 0 saturated carbocycles. The van der Waals surface area contributed by atoms with Crippen LogP contribution in [0, 0.1) is 13.8 Å². The van der Waals surface area contributed by atoms with Crippen molar-refractivity contribution in [3.8, 4) is 11.1 Å². The van der Waals surface area contributed by atoms with Crippen molar-refractivity contribution in [2.45, 2.75) is 13.8 Å². The van der Waals surface area contributed by atoms with Gasteiger partial charge in [-0.25, -0.2) is 4.79 Å². The molecule has 0 bridgehead atoms. The molecule has 34 heavy (non-hydrogen) atoms. The van der Waals surface area contributed by atoms with E-state index in [0.29, 0.717) is 28.0 Å². The molecular formula is C28H24N2O4. The molecule has 0 saturated heterocycles. The van der Waals surface area contributed by atoms with Crippen LogP contribution in [0.3, 0.4) is 0 Å². The summed E-state index contributed by atoms with van der Waals surface area (Å²) in [5, 5.41) is 4.74. The number of hydrogen-bond acceptors (Lipinski definition) is 5. The molecule has 0 unspecified atom stereocenters. The summed E-state index contributed by atoms with van der Waals surface area (Å²) in [5.41, 5.74) is 6.11. The number of benzene rings is 3. The molecule has 0 aliphatic rings. The SMILES string of the molecule is COC(=O)c1ccc(-c2c(Nc3ccc(C)cc3C)oc3c2c(=O)n(C)c2ccccc32)cc1. The minimum absolute atomic E-state index is 0.154. The maximum atomic E-state index is 13.5. The standard InChI is InChI=1S/C28H24N2O4/c1-16-9-14-21(17(2)15-16)29-26-23(18-10-12-19(13-11-18)28(32)33-4)24-25(34-26)20-7-5-6-8-22(20)30(3)27(24)31/h5-15,29H,1-4H3. The van der Waals surface area contributed by atoms with Crippen molar-refractivity contribution < 1.29 is 13.9 Å². The van der Waals surface area contributed by atoms with Crippen molar-refractivity contribution in [2.75, 3.05) is 12.4 Å². The molecule has 5 aromatic rings. The Morgan fingerprint density at radius 3 is 2.44 bits per heavy atom. The fraction of sp³-hybridized carbons (Fsp3) is 0.143. The lowest BCUT2D eigenvalue weighted by molar-refractivity contribution is 0.0600. The van der Waals surface area contributed by atoms with Crippen LogP contribution in [0.25, 0.3) is 33.0 Å². The maximum absolute atomic E-state index is 13.5. The topological polar surface area (TPSA) is 73.5 Å². The van der Waals surface area contributed by atoms with E-state index in [9.17, 15) is 9.59 Å². The lowest BCUT2D eigenvalue weighted by Crippen LogP contribution is -2.17. The van der Waals surface area contributed by atoms with E-state index in [4.69, 9.17) is 9.15 Å². The average Bonchev–Trinajstić information content (AvgIpc) is 3.23. The fourth-order valence-electron chi connectivity index (χ4n) is 4.39. The summed E-state index contributed by atoms with van der Waals surface area (Å²) in [6.07, 6.45) is 0. The third-order valence-corrected chi connectivity index (χ3v) is 6.16. The molecule has 0 radical (unpaired) electrons. The highest BCUT2D eigenvalue weighted by Gasteiger charge is 2.23. The molecule has 6 nitrogen and oxygen atoms in total. The molecule has 0 amide bonds. The van der Waals surface area contributed by atoms with Gasteiger partial charge in [0.2, 0.25) is 5.88 Å². The van der Waals surface area contributed by atoms with Gasteiger partial charge in [0.25, 0.3) is 5.56 Å². The monoisotopic (exact) mass is 452 g/mol. The van der Waals surface area contributed by atoms with Gasteiger partial charge >= 0.3 is 5.97 Å². The predicted octanol–water partition coefficient (Wildman–Crippen LogP) is 6.10. The highest BCUT2D eigenvalue weighted by atomic mass is 16.5. The smallest absolute Gasteiger partial charge is 0.337 e. The first-order chi connectivity index (χ1) is 16.4. The van der Waals surface area contributed by atoms with Gasteiger partial charge in [0.05, 0.1) is 29.1 Å². The Bertz CT molecular complexity index is 1630. The van der Waals surface area contributed by atoms with E-state index in [2.05, 4.69) is 11.4 Å². The van der Waals surface area contributed by atoms with E-state index in [1.54, 1.807) is 35.9 Å². The fourth-order valence-corrected chi connectivity index (χ4v) is 4.39. The van der Waals surface area contributed by atoms with Gasteiger partial charge < -0.3 is 19.0 Å². The summed E-state index contributed by atoms with van der Waals surface area (Å²) < 4.78 is 12.8. The number of methoxy groups -OCH3 is 1. The number of ether oxygens (including phenoxy) is 1. The van der Waals surface area contributed by atoms with Crippen LogP contribution in [0.5, 0.6) is 0 Å². The number of aromatic nitrogens is 1. The van der Waals surface area contributed by atoms with Gasteiger partial charge in [0.1, 0.15) is 0 Å². The van der Waals surface area contributed by atoms with E-state index in [0.717, 1.165) is 33.3 Å². The molecule has 6 heteroatoms. The minimum atomic E-state index is -0.417. The number of anilines is 2. The predicted molar refractivity (Wildman–Crippen MR) is 135 cm³/mol. The number of aryl methyl sites for hydroxylation is 3. The van der Waals surface area contributed by atoms with Crippen molar-refractivity contribution in [2.24, 2.45) is 7.05 Å². The molecule has 5 rings (SSSR count). The Kier molecular flexibility index (Phi) is 5.21. The summed E-state index contributed by atoms with van der Waals surface area (Å²) in [6.45, 7) is 4.07. The maximum Gasteiger partial charge on any atom is 0.337 e. The van der Waals surface area contributed by atoms with E-state index in [1.165, 1.54) is 7.11 Å². The largest absolute Gasteiger partial charge is 0.465 e. The first-order valence-corrected chi connectivity index (χ1v) is 11.0. The summed E-state index contributed by atoms with van der Waals surface area (Å²) in [4.78, 5) is 25.5. The number of para-hydroxylation sites is 1. The molecular weight excluding hydrogens is 428 g/mol. The summed E-state index contributed by atoms with van der Waals surface area (Å²) in [6, 6.07) is 20.8. The second-order valence-corrected chi connectivity index (χ2v) is 8.40. The van der Waals surface area contributed by atoms with Crippen LogP contribution < -0.4 is 10.9 Å². The third-order valence-electron chi connectivity index (χ3n) is 6.16. The number of carbonyl (C=O) groups is 1. The molecule has 170 valence electrons. The first kappa shape index (κ1) is 21.5. The molecule has 0 fully saturated rings. The Labute approximate surface area is 196 Å². The lowest BCUT2D eigenvalue weighted by Gasteiger charge is -2.10. The van der Waals surface area contributed by atoms with E-state index < -0.39 is 5.97 Å². The number of nitrogens with zero attached hydrogens (tertiary/aromatic N) is 1. The van der Waals surface area contributed by atoms with Gasteiger partial charge in [-0.3, -0.25) is 4.79 Å². The van der Waals surface area contributed by atoms with Gasteiger partial charge in [0.15, 0.2) is 5.58 Å². The van der Waals surface area contributed by atoms with Crippen LogP contribution in [0.15, 0.2) is 75.9 Å². The zero-order valence-corrected chi connectivity index (χ0v) is 19.4. The van der Waals surface area contributed by atoms with Crippen molar-refractivity contribution in [3.05, 3.63) is 93.8 Å². The number of nitrogens with one attached hydrogen (secondary N) is 1. The molecule has 0 atom stereocenters. The number of fused-ring (bicyclic) bond motifs is 3. The molecule has 0 spiro atoms. The second kappa shape index (κ2) is 8.23. The molecule has 2 aromatic heterocycles. The van der Waals surface area contributed by atoms with Crippen molar-refractivity contribution in [1.82, 2.24) is 4.57 Å². The summed E-state index contributed by atoms with van der Waals surface area (Å²) in [7, 11) is 3.11. The minimum Gasteiger partial charge on any atom is -0.465 e. The molecule has 0 aliphatic heterocycles.